The normalized spacial score (nSPS) is 27.7. The fraction of sp³-hybridized carbons (Fsp3) is 0.625. The third-order valence-corrected chi connectivity index (χ3v) is 7.87. The number of halogens is 1. The summed E-state index contributed by atoms with van der Waals surface area (Å²) >= 11 is 0. The van der Waals surface area contributed by atoms with Gasteiger partial charge in [0.2, 0.25) is 5.91 Å². The number of H-pyrrole nitrogens is 1. The van der Waals surface area contributed by atoms with Crippen LogP contribution in [0.4, 0.5) is 0 Å². The molecule has 1 saturated heterocycles. The zero-order valence-electron chi connectivity index (χ0n) is 17.3. The van der Waals surface area contributed by atoms with Crippen molar-refractivity contribution in [1.82, 2.24) is 15.2 Å². The van der Waals surface area contributed by atoms with Crippen molar-refractivity contribution in [2.75, 3.05) is 19.6 Å². The van der Waals surface area contributed by atoms with E-state index in [0.29, 0.717) is 11.9 Å². The van der Waals surface area contributed by atoms with Gasteiger partial charge in [0, 0.05) is 48.2 Å². The molecule has 4 nitrogen and oxygen atoms in total. The molecule has 0 unspecified atom stereocenters. The van der Waals surface area contributed by atoms with Gasteiger partial charge in [-0.15, -0.1) is 12.4 Å². The highest BCUT2D eigenvalue weighted by molar-refractivity contribution is 5.85. The van der Waals surface area contributed by atoms with Gasteiger partial charge in [-0.2, -0.15) is 0 Å². The molecule has 4 fully saturated rings. The summed E-state index contributed by atoms with van der Waals surface area (Å²) in [5.74, 6) is 1.29. The minimum Gasteiger partial charge on any atom is -0.361 e. The van der Waals surface area contributed by atoms with Crippen LogP contribution >= 0.6 is 12.4 Å². The first-order valence-electron chi connectivity index (χ1n) is 11.3. The molecule has 4 aliphatic rings. The largest absolute Gasteiger partial charge is 0.361 e. The van der Waals surface area contributed by atoms with Gasteiger partial charge in [0.1, 0.15) is 0 Å². The maximum Gasteiger partial charge on any atom is 0.226 e. The van der Waals surface area contributed by atoms with E-state index in [0.717, 1.165) is 64.1 Å². The van der Waals surface area contributed by atoms with Crippen LogP contribution < -0.4 is 5.32 Å². The van der Waals surface area contributed by atoms with Crippen molar-refractivity contribution >= 4 is 29.2 Å². The number of likely N-dealkylation sites (tertiary alicyclic amines) is 1. The van der Waals surface area contributed by atoms with Gasteiger partial charge >= 0.3 is 0 Å². The zero-order chi connectivity index (χ0) is 19.0. The Hall–Kier alpha value is -1.52. The van der Waals surface area contributed by atoms with Gasteiger partial charge in [0.25, 0.3) is 0 Å². The first-order valence-corrected chi connectivity index (χ1v) is 11.3. The minimum absolute atomic E-state index is 0. The van der Waals surface area contributed by atoms with E-state index in [2.05, 4.69) is 45.7 Å². The molecule has 0 radical (unpaired) electrons. The quantitative estimate of drug-likeness (QED) is 0.744. The van der Waals surface area contributed by atoms with E-state index >= 15 is 0 Å². The topological polar surface area (TPSA) is 48.1 Å². The van der Waals surface area contributed by atoms with Gasteiger partial charge in [-0.1, -0.05) is 18.2 Å². The van der Waals surface area contributed by atoms with Crippen LogP contribution in [0, 0.1) is 11.3 Å². The highest BCUT2D eigenvalue weighted by Gasteiger charge is 2.46. The predicted molar refractivity (Wildman–Crippen MR) is 120 cm³/mol. The summed E-state index contributed by atoms with van der Waals surface area (Å²) in [6, 6.07) is 8.93. The third kappa shape index (κ3) is 4.20. The molecule has 2 aromatic rings. The highest BCUT2D eigenvalue weighted by Crippen LogP contribution is 2.50. The number of aromatic amines is 1. The fourth-order valence-corrected chi connectivity index (χ4v) is 5.85. The van der Waals surface area contributed by atoms with Crippen LogP contribution in [0.15, 0.2) is 30.5 Å². The van der Waals surface area contributed by atoms with Crippen molar-refractivity contribution in [2.45, 2.75) is 63.8 Å². The number of piperidine rings is 1. The zero-order valence-corrected chi connectivity index (χ0v) is 18.1. The Bertz CT molecular complexity index is 818. The Kier molecular flexibility index (Phi) is 6.21. The highest BCUT2D eigenvalue weighted by atomic mass is 35.5. The number of hydrogen-bond acceptors (Lipinski definition) is 2. The van der Waals surface area contributed by atoms with Crippen molar-refractivity contribution in [3.05, 3.63) is 36.0 Å². The number of para-hydroxylation sites is 1. The summed E-state index contributed by atoms with van der Waals surface area (Å²) in [6.45, 7) is 3.30. The summed E-state index contributed by atoms with van der Waals surface area (Å²) < 4.78 is 0. The van der Waals surface area contributed by atoms with Gasteiger partial charge < -0.3 is 15.2 Å². The van der Waals surface area contributed by atoms with E-state index in [-0.39, 0.29) is 17.8 Å². The van der Waals surface area contributed by atoms with Crippen LogP contribution in [-0.4, -0.2) is 41.5 Å². The smallest absolute Gasteiger partial charge is 0.226 e. The molecule has 158 valence electrons. The lowest BCUT2D eigenvalue weighted by Gasteiger charge is -2.46. The predicted octanol–water partition coefficient (Wildman–Crippen LogP) is 4.68. The van der Waals surface area contributed by atoms with Crippen LogP contribution in [-0.2, 0) is 11.2 Å². The Morgan fingerprint density at radius 2 is 1.76 bits per heavy atom. The lowest BCUT2D eigenvalue weighted by atomic mass is 9.60. The standard InChI is InChI=1S/C24H33N3O.ClH/c28-23(24-11-5-18(6-12-24)7-13-24)26-20-9-15-27(16-10-20)14-8-19-17-25-22-4-2-1-3-21(19)22;/h1-4,17-18,20,25H,5-16H2,(H,26,28);1H. The molecule has 0 spiro atoms. The number of rotatable bonds is 5. The van der Waals surface area contributed by atoms with Crippen molar-refractivity contribution in [1.29, 1.82) is 0 Å². The van der Waals surface area contributed by atoms with Crippen molar-refractivity contribution < 1.29 is 4.79 Å². The number of hydrogen-bond donors (Lipinski definition) is 2. The number of benzene rings is 1. The monoisotopic (exact) mass is 415 g/mol. The molecule has 6 rings (SSSR count). The molecule has 2 heterocycles. The van der Waals surface area contributed by atoms with Gasteiger partial charge in [-0.05, 0) is 75.3 Å². The number of amides is 1. The molecule has 1 aromatic heterocycles. The lowest BCUT2D eigenvalue weighted by molar-refractivity contribution is -0.138. The Labute approximate surface area is 180 Å². The van der Waals surface area contributed by atoms with Crippen LogP contribution in [0.5, 0.6) is 0 Å². The second-order valence-corrected chi connectivity index (χ2v) is 9.46. The molecule has 0 atom stereocenters. The average Bonchev–Trinajstić information content (AvgIpc) is 3.18. The summed E-state index contributed by atoms with van der Waals surface area (Å²) in [5.41, 5.74) is 2.63. The molecule has 2 N–H and O–H groups in total. The van der Waals surface area contributed by atoms with E-state index in [1.165, 1.54) is 35.7 Å². The second-order valence-electron chi connectivity index (χ2n) is 9.46. The Morgan fingerprint density at radius 1 is 1.07 bits per heavy atom. The molecule has 3 saturated carbocycles. The molecule has 1 aliphatic heterocycles. The van der Waals surface area contributed by atoms with Gasteiger partial charge in [-0.25, -0.2) is 0 Å². The first kappa shape index (κ1) is 20.7. The van der Waals surface area contributed by atoms with Crippen molar-refractivity contribution in [3.8, 4) is 0 Å². The van der Waals surface area contributed by atoms with Crippen LogP contribution in [0.1, 0.15) is 56.9 Å². The van der Waals surface area contributed by atoms with Gasteiger partial charge in [-0.3, -0.25) is 4.79 Å². The molecule has 1 amide bonds. The number of nitrogens with one attached hydrogen (secondary N) is 2. The SMILES string of the molecule is Cl.O=C(NC1CCN(CCc2c[nH]c3ccccc23)CC1)C12CCC(CC1)CC2. The average molecular weight is 416 g/mol. The van der Waals surface area contributed by atoms with Crippen LogP contribution in [0.3, 0.4) is 0 Å². The summed E-state index contributed by atoms with van der Waals surface area (Å²) in [4.78, 5) is 18.9. The molecule has 3 aliphatic carbocycles. The summed E-state index contributed by atoms with van der Waals surface area (Å²) in [5, 5.41) is 4.80. The molecule has 1 aromatic carbocycles. The van der Waals surface area contributed by atoms with E-state index in [4.69, 9.17) is 0 Å². The number of carbonyl (C=O) groups is 1. The molecule has 5 heteroatoms. The van der Waals surface area contributed by atoms with Crippen molar-refractivity contribution in [2.24, 2.45) is 11.3 Å². The van der Waals surface area contributed by atoms with E-state index in [9.17, 15) is 4.79 Å². The van der Waals surface area contributed by atoms with Gasteiger partial charge in [0.05, 0.1) is 0 Å². The molecule has 29 heavy (non-hydrogen) atoms. The maximum atomic E-state index is 13.0. The van der Waals surface area contributed by atoms with Crippen LogP contribution in [0.2, 0.25) is 0 Å². The third-order valence-electron chi connectivity index (χ3n) is 7.87. The van der Waals surface area contributed by atoms with Crippen molar-refractivity contribution in [3.63, 3.8) is 0 Å². The Balaban J connectivity index is 0.00000205. The molecule has 2 bridgehead atoms. The number of nitrogens with zero attached hydrogens (tertiary/aromatic N) is 1. The number of aromatic nitrogens is 1. The number of carbonyl (C=O) groups excluding carboxylic acids is 1. The van der Waals surface area contributed by atoms with E-state index in [1.807, 2.05) is 0 Å². The summed E-state index contributed by atoms with van der Waals surface area (Å²) in [7, 11) is 0. The maximum absolute atomic E-state index is 13.0. The number of fused-ring (bicyclic) bond motifs is 4. The van der Waals surface area contributed by atoms with Crippen LogP contribution in [0.25, 0.3) is 10.9 Å². The van der Waals surface area contributed by atoms with E-state index in [1.54, 1.807) is 0 Å². The van der Waals surface area contributed by atoms with E-state index < -0.39 is 0 Å². The second kappa shape index (κ2) is 8.69. The minimum atomic E-state index is -0.0127. The van der Waals surface area contributed by atoms with Gasteiger partial charge in [0.15, 0.2) is 0 Å². The first-order chi connectivity index (χ1) is 13.7. The Morgan fingerprint density at radius 3 is 2.48 bits per heavy atom. The summed E-state index contributed by atoms with van der Waals surface area (Å²) in [6.07, 6.45) is 12.7. The molecular weight excluding hydrogens is 382 g/mol. The lowest BCUT2D eigenvalue weighted by Crippen LogP contribution is -2.52. The molecular formula is C24H34ClN3O. The fourth-order valence-electron chi connectivity index (χ4n) is 5.85.